The van der Waals surface area contributed by atoms with Gasteiger partial charge in [-0.05, 0) is 54.7 Å². The number of pyridine rings is 1. The first-order chi connectivity index (χ1) is 15.3. The van der Waals surface area contributed by atoms with Gasteiger partial charge in [0.05, 0.1) is 5.56 Å². The minimum Gasteiger partial charge on any atom is -0.488 e. The van der Waals surface area contributed by atoms with Crippen LogP contribution in [0.2, 0.25) is 5.02 Å². The summed E-state index contributed by atoms with van der Waals surface area (Å²) in [6, 6.07) is 9.40. The molecule has 1 aliphatic rings. The fourth-order valence-electron chi connectivity index (χ4n) is 3.88. The van der Waals surface area contributed by atoms with E-state index >= 15 is 0 Å². The van der Waals surface area contributed by atoms with Crippen molar-refractivity contribution in [2.75, 3.05) is 0 Å². The van der Waals surface area contributed by atoms with E-state index in [-0.39, 0.29) is 5.69 Å². The molecule has 0 unspecified atom stereocenters. The average molecular weight is 460 g/mol. The van der Waals surface area contributed by atoms with Gasteiger partial charge in [-0.15, -0.1) is 0 Å². The number of carbonyl (C=O) groups is 1. The molecule has 1 aliphatic carbocycles. The van der Waals surface area contributed by atoms with Gasteiger partial charge < -0.3 is 9.84 Å². The Balaban J connectivity index is 1.76. The van der Waals surface area contributed by atoms with E-state index < -0.39 is 35.6 Å². The van der Waals surface area contributed by atoms with Gasteiger partial charge in [0.25, 0.3) is 0 Å². The van der Waals surface area contributed by atoms with Crippen LogP contribution < -0.4 is 4.74 Å². The van der Waals surface area contributed by atoms with E-state index in [2.05, 4.69) is 4.98 Å². The van der Waals surface area contributed by atoms with Crippen molar-refractivity contribution in [1.29, 1.82) is 0 Å². The number of rotatable bonds is 6. The van der Waals surface area contributed by atoms with Crippen molar-refractivity contribution < 1.29 is 27.8 Å². The van der Waals surface area contributed by atoms with Crippen LogP contribution >= 0.6 is 11.6 Å². The Hall–Kier alpha value is -3.32. The van der Waals surface area contributed by atoms with Gasteiger partial charge in [0, 0.05) is 34.5 Å². The average Bonchev–Trinajstić information content (AvgIpc) is 3.23. The van der Waals surface area contributed by atoms with E-state index in [0.717, 1.165) is 17.6 Å². The first-order valence-electron chi connectivity index (χ1n) is 9.82. The lowest BCUT2D eigenvalue weighted by atomic mass is 9.95. The van der Waals surface area contributed by atoms with Crippen molar-refractivity contribution >= 4 is 28.7 Å². The highest BCUT2D eigenvalue weighted by Crippen LogP contribution is 2.44. The molecular weight excluding hydrogens is 443 g/mol. The van der Waals surface area contributed by atoms with Gasteiger partial charge >= 0.3 is 5.97 Å². The van der Waals surface area contributed by atoms with Crippen LogP contribution in [0.15, 0.2) is 48.7 Å². The second kappa shape index (κ2) is 9.04. The second-order valence-electron chi connectivity index (χ2n) is 7.29. The Bertz CT molecular complexity index is 1220. The fraction of sp³-hybridized carbons (Fsp3) is 0.167. The molecule has 0 spiro atoms. The largest absolute Gasteiger partial charge is 0.488 e. The molecule has 0 radical (unpaired) electrons. The van der Waals surface area contributed by atoms with E-state index in [1.165, 1.54) is 6.20 Å². The predicted molar refractivity (Wildman–Crippen MR) is 114 cm³/mol. The number of aromatic nitrogens is 1. The maximum Gasteiger partial charge on any atom is 0.355 e. The molecule has 164 valence electrons. The lowest BCUT2D eigenvalue weighted by molar-refractivity contribution is 0.0690. The van der Waals surface area contributed by atoms with Crippen molar-refractivity contribution in [1.82, 2.24) is 4.98 Å². The smallest absolute Gasteiger partial charge is 0.355 e. The highest BCUT2D eigenvalue weighted by atomic mass is 35.5. The minimum absolute atomic E-state index is 0.0538. The highest BCUT2D eigenvalue weighted by Gasteiger charge is 2.25. The molecule has 4 nitrogen and oxygen atoms in total. The molecule has 0 fully saturated rings. The Kier molecular flexibility index (Phi) is 6.19. The lowest BCUT2D eigenvalue weighted by Crippen LogP contribution is -2.06. The number of ether oxygens (including phenoxy) is 1. The zero-order valence-electron chi connectivity index (χ0n) is 16.7. The number of halogens is 4. The van der Waals surface area contributed by atoms with Crippen molar-refractivity contribution in [2.24, 2.45) is 0 Å². The fourth-order valence-corrected chi connectivity index (χ4v) is 4.05. The molecule has 0 saturated heterocycles. The quantitative estimate of drug-likeness (QED) is 0.455. The number of carboxylic acids is 1. The lowest BCUT2D eigenvalue weighted by Gasteiger charge is -2.16. The van der Waals surface area contributed by atoms with E-state index in [0.29, 0.717) is 46.9 Å². The molecule has 0 saturated carbocycles. The molecule has 0 atom stereocenters. The van der Waals surface area contributed by atoms with E-state index in [1.54, 1.807) is 30.3 Å². The first-order valence-corrected chi connectivity index (χ1v) is 10.2. The monoisotopic (exact) mass is 459 g/mol. The molecule has 8 heteroatoms. The molecular formula is C24H17ClF3NO3. The van der Waals surface area contributed by atoms with Gasteiger partial charge in [-0.25, -0.2) is 22.9 Å². The highest BCUT2D eigenvalue weighted by molar-refractivity contribution is 6.30. The number of hydrogen-bond acceptors (Lipinski definition) is 3. The molecule has 3 aromatic rings. The molecule has 1 heterocycles. The summed E-state index contributed by atoms with van der Waals surface area (Å²) in [4.78, 5) is 15.6. The van der Waals surface area contributed by atoms with Crippen molar-refractivity contribution in [3.05, 3.63) is 93.5 Å². The van der Waals surface area contributed by atoms with Crippen molar-refractivity contribution in [3.63, 3.8) is 0 Å². The van der Waals surface area contributed by atoms with Crippen LogP contribution in [0.4, 0.5) is 13.2 Å². The first kappa shape index (κ1) is 21.9. The summed E-state index contributed by atoms with van der Waals surface area (Å²) < 4.78 is 47.0. The third-order valence-corrected chi connectivity index (χ3v) is 5.53. The number of aromatic carboxylic acids is 1. The Morgan fingerprint density at radius 2 is 1.72 bits per heavy atom. The maximum absolute atomic E-state index is 14.0. The van der Waals surface area contributed by atoms with E-state index in [9.17, 15) is 23.1 Å². The van der Waals surface area contributed by atoms with Crippen LogP contribution in [0.1, 0.15) is 46.4 Å². The topological polar surface area (TPSA) is 59.4 Å². The molecule has 0 bridgehead atoms. The normalized spacial score (nSPS) is 13.5. The number of hydrogen-bond donors (Lipinski definition) is 1. The maximum atomic E-state index is 14.0. The summed E-state index contributed by atoms with van der Waals surface area (Å²) in [5.41, 5.74) is 2.30. The van der Waals surface area contributed by atoms with Crippen LogP contribution in [0.25, 0.3) is 11.1 Å². The zero-order chi connectivity index (χ0) is 22.8. The van der Waals surface area contributed by atoms with Gasteiger partial charge in [-0.3, -0.25) is 0 Å². The Morgan fingerprint density at radius 3 is 2.41 bits per heavy atom. The summed E-state index contributed by atoms with van der Waals surface area (Å²) >= 11 is 6.21. The van der Waals surface area contributed by atoms with Crippen LogP contribution in [0, 0.1) is 17.5 Å². The van der Waals surface area contributed by atoms with Crippen LogP contribution in [0.3, 0.4) is 0 Å². The summed E-state index contributed by atoms with van der Waals surface area (Å²) in [6.07, 6.45) is 3.47. The molecule has 0 aliphatic heterocycles. The SMILES string of the molecule is O=C(O)c1ncccc1C1=C(c2cc(Cl)ccc2OCc2c(F)cc(F)cc2F)CCC1. The summed E-state index contributed by atoms with van der Waals surface area (Å²) in [7, 11) is 0. The summed E-state index contributed by atoms with van der Waals surface area (Å²) in [5.74, 6) is -3.90. The Labute approximate surface area is 186 Å². The predicted octanol–water partition coefficient (Wildman–Crippen LogP) is 6.52. The van der Waals surface area contributed by atoms with Gasteiger partial charge in [-0.2, -0.15) is 0 Å². The van der Waals surface area contributed by atoms with E-state index in [1.807, 2.05) is 0 Å². The standard InChI is InChI=1S/C24H17ClF3NO3/c25-13-6-7-22(32-12-19-20(27)10-14(26)11-21(19)28)18(9-13)16-4-1-3-15(16)17-5-2-8-29-23(17)24(30)31/h2,5-11H,1,3-4,12H2,(H,30,31). The van der Waals surface area contributed by atoms with Crippen molar-refractivity contribution in [3.8, 4) is 5.75 Å². The number of nitrogens with zero attached hydrogens (tertiary/aromatic N) is 1. The van der Waals surface area contributed by atoms with Gasteiger partial charge in [0.1, 0.15) is 29.8 Å². The molecule has 32 heavy (non-hydrogen) atoms. The number of benzene rings is 2. The molecule has 1 N–H and O–H groups in total. The number of carboxylic acid groups (broad SMARTS) is 1. The summed E-state index contributed by atoms with van der Waals surface area (Å²) in [5, 5.41) is 9.96. The third-order valence-electron chi connectivity index (χ3n) is 5.30. The van der Waals surface area contributed by atoms with Crippen molar-refractivity contribution in [2.45, 2.75) is 25.9 Å². The molecule has 2 aromatic carbocycles. The molecule has 0 amide bonds. The summed E-state index contributed by atoms with van der Waals surface area (Å²) in [6.45, 7) is -0.456. The van der Waals surface area contributed by atoms with Crippen LogP contribution in [0.5, 0.6) is 5.75 Å². The van der Waals surface area contributed by atoms with Crippen LogP contribution in [-0.2, 0) is 6.61 Å². The van der Waals surface area contributed by atoms with Gasteiger partial charge in [0.2, 0.25) is 0 Å². The van der Waals surface area contributed by atoms with Crippen LogP contribution in [-0.4, -0.2) is 16.1 Å². The molecule has 4 rings (SSSR count). The molecule has 1 aromatic heterocycles. The minimum atomic E-state index is -1.14. The van der Waals surface area contributed by atoms with Gasteiger partial charge in [-0.1, -0.05) is 17.7 Å². The second-order valence-corrected chi connectivity index (χ2v) is 7.73. The Morgan fingerprint density at radius 1 is 1.03 bits per heavy atom. The zero-order valence-corrected chi connectivity index (χ0v) is 17.4. The van der Waals surface area contributed by atoms with Gasteiger partial charge in [0.15, 0.2) is 5.69 Å². The number of allylic oxidation sites excluding steroid dienone is 2. The third kappa shape index (κ3) is 4.34. The van der Waals surface area contributed by atoms with E-state index in [4.69, 9.17) is 16.3 Å².